The van der Waals surface area contributed by atoms with E-state index in [2.05, 4.69) is 31.3 Å². The van der Waals surface area contributed by atoms with Gasteiger partial charge in [-0.2, -0.15) is 5.10 Å². The second kappa shape index (κ2) is 4.34. The summed E-state index contributed by atoms with van der Waals surface area (Å²) in [5.74, 6) is -0.188. The first-order valence-electron chi connectivity index (χ1n) is 4.49. The molecular formula is C9H9BrN4OS. The van der Waals surface area contributed by atoms with E-state index in [1.54, 1.807) is 24.1 Å². The van der Waals surface area contributed by atoms with Crippen molar-refractivity contribution in [3.05, 3.63) is 27.4 Å². The summed E-state index contributed by atoms with van der Waals surface area (Å²) in [4.78, 5) is 15.9. The van der Waals surface area contributed by atoms with Crippen molar-refractivity contribution in [3.8, 4) is 0 Å². The molecule has 84 valence electrons. The molecule has 1 amide bonds. The normalized spacial score (nSPS) is 10.4. The largest absolute Gasteiger partial charge is 0.298 e. The van der Waals surface area contributed by atoms with Crippen LogP contribution in [0.2, 0.25) is 0 Å². The minimum Gasteiger partial charge on any atom is -0.298 e. The van der Waals surface area contributed by atoms with Gasteiger partial charge in [0.1, 0.15) is 0 Å². The van der Waals surface area contributed by atoms with Gasteiger partial charge in [-0.15, -0.1) is 0 Å². The summed E-state index contributed by atoms with van der Waals surface area (Å²) >= 11 is 4.65. The molecule has 16 heavy (non-hydrogen) atoms. The Bertz CT molecular complexity index is 533. The molecule has 0 bridgehead atoms. The van der Waals surface area contributed by atoms with Gasteiger partial charge in [0.2, 0.25) is 0 Å². The summed E-state index contributed by atoms with van der Waals surface area (Å²) < 4.78 is 2.54. The maximum atomic E-state index is 11.8. The highest BCUT2D eigenvalue weighted by Crippen LogP contribution is 2.23. The number of carbonyl (C=O) groups excluding carboxylic acids is 1. The summed E-state index contributed by atoms with van der Waals surface area (Å²) in [5.41, 5.74) is 1.39. The number of hydrogen-bond donors (Lipinski definition) is 1. The Hall–Kier alpha value is -1.21. The summed E-state index contributed by atoms with van der Waals surface area (Å²) in [7, 11) is 1.80. The third kappa shape index (κ3) is 2.14. The number of amides is 1. The van der Waals surface area contributed by atoms with E-state index in [1.807, 2.05) is 6.92 Å². The zero-order valence-corrected chi connectivity index (χ0v) is 11.1. The molecule has 0 aromatic carbocycles. The maximum Gasteiger partial charge on any atom is 0.260 e. The molecule has 0 radical (unpaired) electrons. The Morgan fingerprint density at radius 2 is 2.31 bits per heavy atom. The molecule has 1 N–H and O–H groups in total. The lowest BCUT2D eigenvalue weighted by molar-refractivity contribution is 0.102. The second-order valence-corrected chi connectivity index (χ2v) is 5.60. The third-order valence-electron chi connectivity index (χ3n) is 2.18. The Balaban J connectivity index is 2.18. The number of rotatable bonds is 2. The third-order valence-corrected chi connectivity index (χ3v) is 3.57. The number of nitrogens with one attached hydrogen (secondary N) is 1. The van der Waals surface area contributed by atoms with Crippen molar-refractivity contribution in [1.29, 1.82) is 0 Å². The molecule has 0 fully saturated rings. The van der Waals surface area contributed by atoms with Gasteiger partial charge in [0.15, 0.2) is 5.13 Å². The Morgan fingerprint density at radius 3 is 2.81 bits per heavy atom. The molecular weight excluding hydrogens is 292 g/mol. The van der Waals surface area contributed by atoms with Crippen LogP contribution in [0, 0.1) is 6.92 Å². The number of hydrogen-bond acceptors (Lipinski definition) is 4. The fourth-order valence-corrected chi connectivity index (χ4v) is 2.30. The number of aromatic nitrogens is 3. The molecule has 0 unspecified atom stereocenters. The second-order valence-electron chi connectivity index (χ2n) is 3.19. The van der Waals surface area contributed by atoms with Crippen LogP contribution in [0.3, 0.4) is 0 Å². The van der Waals surface area contributed by atoms with Gasteiger partial charge in [-0.1, -0.05) is 11.3 Å². The number of halogens is 1. The van der Waals surface area contributed by atoms with Crippen molar-refractivity contribution in [1.82, 2.24) is 14.8 Å². The highest BCUT2D eigenvalue weighted by atomic mass is 79.9. The van der Waals surface area contributed by atoms with Gasteiger partial charge in [-0.3, -0.25) is 14.8 Å². The number of aryl methyl sites for hydroxylation is 1. The minimum absolute atomic E-state index is 0.188. The topological polar surface area (TPSA) is 59.8 Å². The molecule has 0 saturated heterocycles. The van der Waals surface area contributed by atoms with Crippen LogP contribution >= 0.6 is 27.3 Å². The van der Waals surface area contributed by atoms with E-state index in [0.29, 0.717) is 10.7 Å². The van der Waals surface area contributed by atoms with E-state index in [-0.39, 0.29) is 5.91 Å². The molecule has 2 heterocycles. The lowest BCUT2D eigenvalue weighted by Gasteiger charge is -2.00. The van der Waals surface area contributed by atoms with Crippen LogP contribution < -0.4 is 5.32 Å². The molecule has 0 aliphatic carbocycles. The van der Waals surface area contributed by atoms with E-state index in [1.165, 1.54) is 11.3 Å². The average Bonchev–Trinajstić information content (AvgIpc) is 2.76. The molecule has 2 aromatic heterocycles. The zero-order chi connectivity index (χ0) is 11.7. The maximum absolute atomic E-state index is 11.8. The van der Waals surface area contributed by atoms with E-state index >= 15 is 0 Å². The summed E-state index contributed by atoms with van der Waals surface area (Å²) in [6.07, 6.45) is 3.20. The van der Waals surface area contributed by atoms with Crippen LogP contribution in [0.5, 0.6) is 0 Å². The van der Waals surface area contributed by atoms with Crippen molar-refractivity contribution in [2.45, 2.75) is 6.92 Å². The Kier molecular flexibility index (Phi) is 3.06. The highest BCUT2D eigenvalue weighted by Gasteiger charge is 2.14. The van der Waals surface area contributed by atoms with Crippen molar-refractivity contribution in [2.75, 3.05) is 5.32 Å². The van der Waals surface area contributed by atoms with E-state index in [0.717, 1.165) is 9.48 Å². The Morgan fingerprint density at radius 1 is 1.56 bits per heavy atom. The Labute approximate surface area is 105 Å². The van der Waals surface area contributed by atoms with Crippen molar-refractivity contribution < 1.29 is 4.79 Å². The average molecular weight is 301 g/mol. The summed E-state index contributed by atoms with van der Waals surface area (Å²) in [6.45, 7) is 1.85. The van der Waals surface area contributed by atoms with Crippen molar-refractivity contribution in [2.24, 2.45) is 7.05 Å². The van der Waals surface area contributed by atoms with Gasteiger partial charge >= 0.3 is 0 Å². The van der Waals surface area contributed by atoms with Gasteiger partial charge in [0.05, 0.1) is 21.7 Å². The van der Waals surface area contributed by atoms with E-state index in [9.17, 15) is 4.79 Å². The SMILES string of the molecule is Cc1c(C(=O)Nc2ncc(Br)s2)cnn1C. The fourth-order valence-electron chi connectivity index (χ4n) is 1.20. The first kappa shape index (κ1) is 11.3. The van der Waals surface area contributed by atoms with Crippen LogP contribution in [0.4, 0.5) is 5.13 Å². The lowest BCUT2D eigenvalue weighted by atomic mass is 10.2. The quantitative estimate of drug-likeness (QED) is 0.925. The molecule has 5 nitrogen and oxygen atoms in total. The summed E-state index contributed by atoms with van der Waals surface area (Å²) in [5, 5.41) is 7.30. The molecule has 0 spiro atoms. The molecule has 0 aliphatic rings. The van der Waals surface area contributed by atoms with E-state index < -0.39 is 0 Å². The van der Waals surface area contributed by atoms with Crippen LogP contribution in [0.15, 0.2) is 16.2 Å². The van der Waals surface area contributed by atoms with Crippen molar-refractivity contribution in [3.63, 3.8) is 0 Å². The highest BCUT2D eigenvalue weighted by molar-refractivity contribution is 9.11. The standard InChI is InChI=1S/C9H9BrN4OS/c1-5-6(3-12-14(5)2)8(15)13-9-11-4-7(10)16-9/h3-4H,1-2H3,(H,11,13,15). The molecule has 7 heteroatoms. The van der Waals surface area contributed by atoms with Gasteiger partial charge in [-0.05, 0) is 22.9 Å². The monoisotopic (exact) mass is 300 g/mol. The van der Waals surface area contributed by atoms with Crippen LogP contribution in [0.25, 0.3) is 0 Å². The fraction of sp³-hybridized carbons (Fsp3) is 0.222. The number of thiazole rings is 1. The number of carbonyl (C=O) groups is 1. The molecule has 0 atom stereocenters. The predicted octanol–water partition coefficient (Wildman–Crippen LogP) is 2.20. The summed E-state index contributed by atoms with van der Waals surface area (Å²) in [6, 6.07) is 0. The van der Waals surface area contributed by atoms with Crippen LogP contribution in [-0.2, 0) is 7.05 Å². The van der Waals surface area contributed by atoms with Gasteiger partial charge < -0.3 is 0 Å². The van der Waals surface area contributed by atoms with Gasteiger partial charge in [-0.25, -0.2) is 4.98 Å². The zero-order valence-electron chi connectivity index (χ0n) is 8.69. The van der Waals surface area contributed by atoms with Crippen molar-refractivity contribution >= 4 is 38.3 Å². The first-order valence-corrected chi connectivity index (χ1v) is 6.10. The molecule has 2 aromatic rings. The smallest absolute Gasteiger partial charge is 0.260 e. The number of anilines is 1. The molecule has 0 saturated carbocycles. The van der Waals surface area contributed by atoms with Gasteiger partial charge in [0, 0.05) is 12.7 Å². The molecule has 0 aliphatic heterocycles. The molecule has 2 rings (SSSR count). The van der Waals surface area contributed by atoms with Crippen LogP contribution in [-0.4, -0.2) is 20.7 Å². The van der Waals surface area contributed by atoms with Gasteiger partial charge in [0.25, 0.3) is 5.91 Å². The number of nitrogens with zero attached hydrogens (tertiary/aromatic N) is 3. The lowest BCUT2D eigenvalue weighted by Crippen LogP contribution is -2.12. The van der Waals surface area contributed by atoms with E-state index in [4.69, 9.17) is 0 Å². The minimum atomic E-state index is -0.188. The predicted molar refractivity (Wildman–Crippen MR) is 65.7 cm³/mol. The van der Waals surface area contributed by atoms with Crippen LogP contribution in [0.1, 0.15) is 16.1 Å². The first-order chi connectivity index (χ1) is 7.58.